The van der Waals surface area contributed by atoms with E-state index in [1.807, 2.05) is 6.92 Å². The van der Waals surface area contributed by atoms with Gasteiger partial charge in [0.25, 0.3) is 5.91 Å². The van der Waals surface area contributed by atoms with Gasteiger partial charge < -0.3 is 16.2 Å². The number of primary amides is 1. The van der Waals surface area contributed by atoms with Gasteiger partial charge in [-0.15, -0.1) is 11.3 Å². The van der Waals surface area contributed by atoms with E-state index in [2.05, 4.69) is 5.32 Å². The first-order valence-corrected chi connectivity index (χ1v) is 9.20. The van der Waals surface area contributed by atoms with Crippen LogP contribution in [0, 0.1) is 23.7 Å². The Morgan fingerprint density at radius 2 is 1.96 bits per heavy atom. The van der Waals surface area contributed by atoms with Crippen LogP contribution in [0.25, 0.3) is 0 Å². The molecule has 1 heterocycles. The van der Waals surface area contributed by atoms with Crippen LogP contribution in [-0.4, -0.2) is 22.9 Å². The molecule has 2 aliphatic carbocycles. The molecule has 2 bridgehead atoms. The molecule has 3 rings (SSSR count). The summed E-state index contributed by atoms with van der Waals surface area (Å²) < 4.78 is 0. The van der Waals surface area contributed by atoms with Gasteiger partial charge in [-0.05, 0) is 43.6 Å². The Bertz CT molecular complexity index is 684. The number of nitrogens with one attached hydrogen (secondary N) is 1. The average Bonchev–Trinajstić information content (AvgIpc) is 3.20. The maximum Gasteiger partial charge on any atom is 0.307 e. The number of carbonyl (C=O) groups is 3. The molecule has 0 unspecified atom stereocenters. The first kappa shape index (κ1) is 17.0. The second kappa shape index (κ2) is 6.55. The molecule has 2 amide bonds. The smallest absolute Gasteiger partial charge is 0.307 e. The van der Waals surface area contributed by atoms with Crippen LogP contribution in [0.15, 0.2) is 6.07 Å². The molecule has 2 fully saturated rings. The van der Waals surface area contributed by atoms with E-state index >= 15 is 0 Å². The normalized spacial score (nSPS) is 28.0. The van der Waals surface area contributed by atoms with Crippen LogP contribution in [0.3, 0.4) is 0 Å². The number of rotatable bonds is 6. The molecule has 24 heavy (non-hydrogen) atoms. The zero-order chi connectivity index (χ0) is 17.4. The Kier molecular flexibility index (Phi) is 4.62. The number of hydrogen-bond donors (Lipinski definition) is 3. The molecule has 0 saturated heterocycles. The summed E-state index contributed by atoms with van der Waals surface area (Å²) in [6.07, 6.45) is 4.34. The fraction of sp³-hybridized carbons (Fsp3) is 0.588. The highest BCUT2D eigenvalue weighted by molar-refractivity contribution is 7.16. The lowest BCUT2D eigenvalue weighted by atomic mass is 9.79. The predicted molar refractivity (Wildman–Crippen MR) is 90.9 cm³/mol. The first-order valence-electron chi connectivity index (χ1n) is 8.38. The number of anilines is 1. The van der Waals surface area contributed by atoms with Gasteiger partial charge in [-0.3, -0.25) is 14.4 Å². The highest BCUT2D eigenvalue weighted by atomic mass is 32.1. The van der Waals surface area contributed by atoms with E-state index in [0.29, 0.717) is 10.6 Å². The minimum absolute atomic E-state index is 0.0952. The predicted octanol–water partition coefficient (Wildman–Crippen LogP) is 2.48. The molecule has 130 valence electrons. The maximum absolute atomic E-state index is 12.7. The van der Waals surface area contributed by atoms with E-state index < -0.39 is 23.7 Å². The number of carboxylic acids is 1. The Labute approximate surface area is 144 Å². The fourth-order valence-corrected chi connectivity index (χ4v) is 5.47. The van der Waals surface area contributed by atoms with Crippen molar-refractivity contribution in [3.8, 4) is 0 Å². The topological polar surface area (TPSA) is 109 Å². The Hall–Kier alpha value is -1.89. The molecular formula is C17H22N2O4S. The number of aryl methyl sites for hydroxylation is 1. The number of nitrogens with two attached hydrogens (primary N) is 1. The van der Waals surface area contributed by atoms with Gasteiger partial charge in [-0.25, -0.2) is 0 Å². The summed E-state index contributed by atoms with van der Waals surface area (Å²) in [7, 11) is 0. The van der Waals surface area contributed by atoms with E-state index in [9.17, 15) is 19.5 Å². The Morgan fingerprint density at radius 1 is 1.29 bits per heavy atom. The molecule has 2 saturated carbocycles. The number of aliphatic carboxylic acids is 1. The van der Waals surface area contributed by atoms with Gasteiger partial charge in [0.15, 0.2) is 0 Å². The summed E-state index contributed by atoms with van der Waals surface area (Å²) in [5, 5.41) is 12.7. The van der Waals surface area contributed by atoms with E-state index in [4.69, 9.17) is 5.73 Å². The number of carbonyl (C=O) groups excluding carboxylic acids is 2. The zero-order valence-electron chi connectivity index (χ0n) is 13.6. The van der Waals surface area contributed by atoms with Crippen molar-refractivity contribution in [1.29, 1.82) is 0 Å². The van der Waals surface area contributed by atoms with Crippen molar-refractivity contribution in [3.05, 3.63) is 16.5 Å². The molecule has 7 heteroatoms. The average molecular weight is 350 g/mol. The summed E-state index contributed by atoms with van der Waals surface area (Å²) >= 11 is 1.35. The van der Waals surface area contributed by atoms with E-state index in [1.54, 1.807) is 6.07 Å². The highest BCUT2D eigenvalue weighted by Gasteiger charge is 2.54. The number of amides is 2. The SMILES string of the molecule is CCCc1cc(C(N)=O)c(NC(=O)[C@@H]2[C@@H]3CC[C@@H](C3)[C@@H]2C(=O)O)s1. The van der Waals surface area contributed by atoms with Gasteiger partial charge in [0.05, 0.1) is 17.4 Å². The van der Waals surface area contributed by atoms with Crippen LogP contribution in [0.5, 0.6) is 0 Å². The minimum Gasteiger partial charge on any atom is -0.481 e. The Morgan fingerprint density at radius 3 is 2.54 bits per heavy atom. The van der Waals surface area contributed by atoms with Crippen molar-refractivity contribution in [2.24, 2.45) is 29.4 Å². The van der Waals surface area contributed by atoms with Crippen molar-refractivity contribution in [2.75, 3.05) is 5.32 Å². The lowest BCUT2D eigenvalue weighted by molar-refractivity contribution is -0.148. The van der Waals surface area contributed by atoms with Crippen molar-refractivity contribution < 1.29 is 19.5 Å². The van der Waals surface area contributed by atoms with Crippen LogP contribution in [-0.2, 0) is 16.0 Å². The van der Waals surface area contributed by atoms with Crippen LogP contribution >= 0.6 is 11.3 Å². The van der Waals surface area contributed by atoms with E-state index in [0.717, 1.165) is 37.0 Å². The number of fused-ring (bicyclic) bond motifs is 2. The third-order valence-corrected chi connectivity index (χ3v) is 6.40. The molecule has 1 aromatic heterocycles. The van der Waals surface area contributed by atoms with Crippen LogP contribution in [0.4, 0.5) is 5.00 Å². The van der Waals surface area contributed by atoms with Gasteiger partial charge in [0, 0.05) is 4.88 Å². The summed E-state index contributed by atoms with van der Waals surface area (Å²) in [6, 6.07) is 1.72. The van der Waals surface area contributed by atoms with Gasteiger partial charge >= 0.3 is 5.97 Å². The van der Waals surface area contributed by atoms with Crippen molar-refractivity contribution in [1.82, 2.24) is 0 Å². The molecule has 1 aromatic rings. The largest absolute Gasteiger partial charge is 0.481 e. The van der Waals surface area contributed by atoms with Crippen molar-refractivity contribution in [3.63, 3.8) is 0 Å². The van der Waals surface area contributed by atoms with Crippen LogP contribution < -0.4 is 11.1 Å². The standard InChI is InChI=1S/C17H22N2O4S/c1-2-3-10-7-11(14(18)20)16(24-10)19-15(21)12-8-4-5-9(6-8)13(12)17(22)23/h7-9,12-13H,2-6H2,1H3,(H2,18,20)(H,19,21)(H,22,23)/t8-,9+,12-,13+/m1/s1. The van der Waals surface area contributed by atoms with E-state index in [1.165, 1.54) is 11.3 Å². The lowest BCUT2D eigenvalue weighted by Crippen LogP contribution is -2.38. The fourth-order valence-electron chi connectivity index (χ4n) is 4.31. The lowest BCUT2D eigenvalue weighted by Gasteiger charge is -2.26. The minimum atomic E-state index is -0.893. The molecule has 4 atom stereocenters. The quantitative estimate of drug-likeness (QED) is 0.732. The second-order valence-electron chi connectivity index (χ2n) is 6.78. The molecule has 4 N–H and O–H groups in total. The number of hydrogen-bond acceptors (Lipinski definition) is 4. The summed E-state index contributed by atoms with van der Waals surface area (Å²) in [4.78, 5) is 36.9. The monoisotopic (exact) mass is 350 g/mol. The first-order chi connectivity index (χ1) is 11.4. The van der Waals surface area contributed by atoms with Gasteiger partial charge in [-0.2, -0.15) is 0 Å². The third kappa shape index (κ3) is 2.92. The van der Waals surface area contributed by atoms with Crippen molar-refractivity contribution in [2.45, 2.75) is 39.0 Å². The third-order valence-electron chi connectivity index (χ3n) is 5.29. The zero-order valence-corrected chi connectivity index (χ0v) is 14.4. The molecule has 0 radical (unpaired) electrons. The summed E-state index contributed by atoms with van der Waals surface area (Å²) in [6.45, 7) is 2.04. The van der Waals surface area contributed by atoms with Crippen LogP contribution in [0.1, 0.15) is 47.8 Å². The second-order valence-corrected chi connectivity index (χ2v) is 7.92. The molecule has 6 nitrogen and oxygen atoms in total. The molecular weight excluding hydrogens is 328 g/mol. The molecule has 0 aromatic carbocycles. The Balaban J connectivity index is 1.82. The van der Waals surface area contributed by atoms with E-state index in [-0.39, 0.29) is 17.7 Å². The highest BCUT2D eigenvalue weighted by Crippen LogP contribution is 2.52. The van der Waals surface area contributed by atoms with Gasteiger partial charge in [-0.1, -0.05) is 13.3 Å². The summed E-state index contributed by atoms with van der Waals surface area (Å²) in [5.41, 5.74) is 5.72. The molecule has 0 spiro atoms. The van der Waals surface area contributed by atoms with Gasteiger partial charge in [0.2, 0.25) is 5.91 Å². The summed E-state index contributed by atoms with van der Waals surface area (Å²) in [5.74, 6) is -2.67. The molecule has 0 aliphatic heterocycles. The number of thiophene rings is 1. The molecule has 2 aliphatic rings. The maximum atomic E-state index is 12.7. The van der Waals surface area contributed by atoms with Gasteiger partial charge in [0.1, 0.15) is 5.00 Å². The number of carboxylic acid groups (broad SMARTS) is 1. The van der Waals surface area contributed by atoms with Crippen molar-refractivity contribution >= 4 is 34.1 Å². The van der Waals surface area contributed by atoms with Crippen LogP contribution in [0.2, 0.25) is 0 Å².